The summed E-state index contributed by atoms with van der Waals surface area (Å²) in [6, 6.07) is 6.82. The molecule has 1 aromatic heterocycles. The van der Waals surface area contributed by atoms with Gasteiger partial charge in [0, 0.05) is 0 Å². The molecule has 0 aliphatic rings. The Morgan fingerprint density at radius 2 is 2.05 bits per heavy atom. The molecule has 21 heavy (non-hydrogen) atoms. The number of anilines is 1. The fraction of sp³-hybridized carbons (Fsp3) is 0.231. The zero-order valence-corrected chi connectivity index (χ0v) is 13.6. The summed E-state index contributed by atoms with van der Waals surface area (Å²) in [5.74, 6) is 0.0568. The summed E-state index contributed by atoms with van der Waals surface area (Å²) in [6.45, 7) is 3.15. The van der Waals surface area contributed by atoms with Gasteiger partial charge in [-0.3, -0.25) is 4.72 Å². The third-order valence-corrected chi connectivity index (χ3v) is 4.48. The van der Waals surface area contributed by atoms with Crippen LogP contribution in [0.1, 0.15) is 12.7 Å². The lowest BCUT2D eigenvalue weighted by Crippen LogP contribution is -2.13. The van der Waals surface area contributed by atoms with Gasteiger partial charge in [0.05, 0.1) is 16.7 Å². The van der Waals surface area contributed by atoms with Gasteiger partial charge in [-0.25, -0.2) is 4.39 Å². The highest BCUT2D eigenvalue weighted by Gasteiger charge is 2.19. The Labute approximate surface area is 130 Å². The van der Waals surface area contributed by atoms with Crippen LogP contribution in [0.25, 0.3) is 0 Å². The minimum absolute atomic E-state index is 0.176. The van der Waals surface area contributed by atoms with E-state index < -0.39 is 15.8 Å². The van der Waals surface area contributed by atoms with Crippen LogP contribution in [-0.4, -0.2) is 15.0 Å². The maximum Gasteiger partial charge on any atom is 0.295 e. The number of hydrogen-bond donors (Lipinski definition) is 2. The molecule has 0 spiro atoms. The Morgan fingerprint density at radius 3 is 2.71 bits per heavy atom. The Morgan fingerprint density at radius 1 is 1.29 bits per heavy atom. The van der Waals surface area contributed by atoms with E-state index in [4.69, 9.17) is 4.42 Å². The summed E-state index contributed by atoms with van der Waals surface area (Å²) in [6.07, 6.45) is 0. The van der Waals surface area contributed by atoms with Crippen LogP contribution in [0.4, 0.5) is 10.1 Å². The van der Waals surface area contributed by atoms with Crippen LogP contribution in [0, 0.1) is 5.82 Å². The van der Waals surface area contributed by atoms with Crippen molar-refractivity contribution in [2.45, 2.75) is 18.6 Å². The SMILES string of the molecule is CCNCc1ccc(S(=O)(=O)Nc2ccc(F)c(Br)c2)o1. The summed E-state index contributed by atoms with van der Waals surface area (Å²) in [4.78, 5) is 0. The molecule has 0 saturated heterocycles. The summed E-state index contributed by atoms with van der Waals surface area (Å²) in [7, 11) is -3.83. The molecule has 0 aliphatic heterocycles. The first kappa shape index (κ1) is 16.0. The molecule has 8 heteroatoms. The first-order chi connectivity index (χ1) is 9.92. The Bertz CT molecular complexity index is 731. The van der Waals surface area contributed by atoms with Crippen molar-refractivity contribution in [1.29, 1.82) is 0 Å². The lowest BCUT2D eigenvalue weighted by Gasteiger charge is -2.06. The molecule has 0 atom stereocenters. The van der Waals surface area contributed by atoms with Crippen LogP contribution < -0.4 is 10.0 Å². The van der Waals surface area contributed by atoms with Crippen molar-refractivity contribution < 1.29 is 17.2 Å². The van der Waals surface area contributed by atoms with Gasteiger partial charge < -0.3 is 9.73 Å². The van der Waals surface area contributed by atoms with Crippen LogP contribution in [0.5, 0.6) is 0 Å². The van der Waals surface area contributed by atoms with Crippen LogP contribution in [-0.2, 0) is 16.6 Å². The molecule has 2 aromatic rings. The van der Waals surface area contributed by atoms with Gasteiger partial charge in [-0.1, -0.05) is 6.92 Å². The van der Waals surface area contributed by atoms with E-state index in [1.807, 2.05) is 6.92 Å². The topological polar surface area (TPSA) is 71.3 Å². The molecule has 0 saturated carbocycles. The predicted molar refractivity (Wildman–Crippen MR) is 81.0 cm³/mol. The molecule has 0 fully saturated rings. The standard InChI is InChI=1S/C13H14BrFN2O3S/c1-2-16-8-10-4-6-13(20-10)21(18,19)17-9-3-5-12(15)11(14)7-9/h3-7,16-17H,2,8H2,1H3. The van der Waals surface area contributed by atoms with Gasteiger partial charge in [-0.2, -0.15) is 8.42 Å². The molecule has 1 aromatic carbocycles. The number of furan rings is 1. The fourth-order valence-corrected chi connectivity index (χ4v) is 2.99. The monoisotopic (exact) mass is 376 g/mol. The van der Waals surface area contributed by atoms with Gasteiger partial charge in [-0.05, 0) is 52.8 Å². The second kappa shape index (κ2) is 6.59. The van der Waals surface area contributed by atoms with E-state index in [1.165, 1.54) is 24.3 Å². The van der Waals surface area contributed by atoms with Crippen molar-refractivity contribution in [2.24, 2.45) is 0 Å². The van der Waals surface area contributed by atoms with Crippen LogP contribution in [0.3, 0.4) is 0 Å². The molecule has 0 bridgehead atoms. The summed E-state index contributed by atoms with van der Waals surface area (Å²) in [5, 5.41) is 2.85. The fourth-order valence-electron chi connectivity index (χ4n) is 1.61. The van der Waals surface area contributed by atoms with Gasteiger partial charge in [-0.15, -0.1) is 0 Å². The van der Waals surface area contributed by atoms with E-state index in [-0.39, 0.29) is 15.3 Å². The number of halogens is 2. The number of sulfonamides is 1. The zero-order chi connectivity index (χ0) is 15.5. The van der Waals surface area contributed by atoms with E-state index >= 15 is 0 Å². The summed E-state index contributed by atoms with van der Waals surface area (Å²) < 4.78 is 45.2. The molecule has 2 rings (SSSR count). The van der Waals surface area contributed by atoms with Crippen molar-refractivity contribution in [2.75, 3.05) is 11.3 Å². The molecule has 0 radical (unpaired) electrons. The molecule has 1 heterocycles. The Hall–Kier alpha value is -1.38. The molecule has 0 unspecified atom stereocenters. The quantitative estimate of drug-likeness (QED) is 0.812. The van der Waals surface area contributed by atoms with Gasteiger partial charge in [0.25, 0.3) is 10.0 Å². The number of nitrogens with one attached hydrogen (secondary N) is 2. The molecule has 0 aliphatic carbocycles. The van der Waals surface area contributed by atoms with Gasteiger partial charge in [0.2, 0.25) is 5.09 Å². The largest absolute Gasteiger partial charge is 0.446 e. The third-order valence-electron chi connectivity index (χ3n) is 2.62. The minimum atomic E-state index is -3.83. The van der Waals surface area contributed by atoms with E-state index in [0.29, 0.717) is 12.3 Å². The number of hydrogen-bond acceptors (Lipinski definition) is 4. The van der Waals surface area contributed by atoms with E-state index in [9.17, 15) is 12.8 Å². The molecule has 5 nitrogen and oxygen atoms in total. The average molecular weight is 377 g/mol. The lowest BCUT2D eigenvalue weighted by atomic mass is 10.3. The zero-order valence-electron chi connectivity index (χ0n) is 11.2. The highest BCUT2D eigenvalue weighted by Crippen LogP contribution is 2.23. The van der Waals surface area contributed by atoms with Gasteiger partial charge in [0.15, 0.2) is 0 Å². The molecule has 0 amide bonds. The van der Waals surface area contributed by atoms with Crippen molar-refractivity contribution in [3.05, 3.63) is 46.4 Å². The molecular formula is C13H14BrFN2O3S. The number of benzene rings is 1. The Balaban J connectivity index is 2.17. The average Bonchev–Trinajstić information content (AvgIpc) is 2.90. The van der Waals surface area contributed by atoms with E-state index in [0.717, 1.165) is 6.54 Å². The Kier molecular flexibility index (Phi) is 5.02. The molecular weight excluding hydrogens is 363 g/mol. The second-order valence-electron chi connectivity index (χ2n) is 4.24. The molecule has 2 N–H and O–H groups in total. The van der Waals surface area contributed by atoms with E-state index in [1.54, 1.807) is 6.07 Å². The highest BCUT2D eigenvalue weighted by molar-refractivity contribution is 9.10. The van der Waals surface area contributed by atoms with Gasteiger partial charge >= 0.3 is 0 Å². The van der Waals surface area contributed by atoms with Crippen LogP contribution in [0.2, 0.25) is 0 Å². The maximum absolute atomic E-state index is 13.1. The third kappa shape index (κ3) is 4.05. The van der Waals surface area contributed by atoms with Crippen molar-refractivity contribution >= 4 is 31.6 Å². The normalized spacial score (nSPS) is 11.6. The van der Waals surface area contributed by atoms with Crippen molar-refractivity contribution in [3.8, 4) is 0 Å². The van der Waals surface area contributed by atoms with E-state index in [2.05, 4.69) is 26.0 Å². The summed E-state index contributed by atoms with van der Waals surface area (Å²) in [5.41, 5.74) is 0.243. The second-order valence-corrected chi connectivity index (χ2v) is 6.70. The summed E-state index contributed by atoms with van der Waals surface area (Å²) >= 11 is 3.00. The lowest BCUT2D eigenvalue weighted by molar-refractivity contribution is 0.405. The minimum Gasteiger partial charge on any atom is -0.446 e. The van der Waals surface area contributed by atoms with Crippen LogP contribution >= 0.6 is 15.9 Å². The first-order valence-electron chi connectivity index (χ1n) is 6.19. The van der Waals surface area contributed by atoms with Gasteiger partial charge in [0.1, 0.15) is 11.6 Å². The smallest absolute Gasteiger partial charge is 0.295 e. The number of rotatable bonds is 6. The highest BCUT2D eigenvalue weighted by atomic mass is 79.9. The van der Waals surface area contributed by atoms with Crippen molar-refractivity contribution in [1.82, 2.24) is 5.32 Å². The molecule has 114 valence electrons. The maximum atomic E-state index is 13.1. The van der Waals surface area contributed by atoms with Crippen molar-refractivity contribution in [3.63, 3.8) is 0 Å². The predicted octanol–water partition coefficient (Wildman–Crippen LogP) is 3.09. The first-order valence-corrected chi connectivity index (χ1v) is 8.47. The van der Waals surface area contributed by atoms with Crippen LogP contribution in [0.15, 0.2) is 44.3 Å².